The van der Waals surface area contributed by atoms with E-state index in [0.717, 1.165) is 10.6 Å². The fraction of sp³-hybridized carbons (Fsp3) is 0.0833. The van der Waals surface area contributed by atoms with Crippen LogP contribution in [0.5, 0.6) is 0 Å². The van der Waals surface area contributed by atoms with Gasteiger partial charge in [0.2, 0.25) is 0 Å². The van der Waals surface area contributed by atoms with Crippen molar-refractivity contribution in [1.29, 1.82) is 0 Å². The van der Waals surface area contributed by atoms with Gasteiger partial charge >= 0.3 is 0 Å². The van der Waals surface area contributed by atoms with Crippen LogP contribution in [0.25, 0.3) is 5.57 Å². The summed E-state index contributed by atoms with van der Waals surface area (Å²) in [4.78, 5) is 40.2. The predicted molar refractivity (Wildman–Crippen MR) is 122 cm³/mol. The van der Waals surface area contributed by atoms with E-state index >= 15 is 0 Å². The molecule has 0 N–H and O–H groups in total. The highest BCUT2D eigenvalue weighted by Gasteiger charge is 2.41. The van der Waals surface area contributed by atoms with Crippen LogP contribution in [0.3, 0.4) is 0 Å². The molecule has 3 aromatic rings. The highest BCUT2D eigenvalue weighted by atomic mass is 35.5. The van der Waals surface area contributed by atoms with E-state index in [9.17, 15) is 19.7 Å². The Kier molecular flexibility index (Phi) is 5.75. The zero-order valence-corrected chi connectivity index (χ0v) is 17.8. The van der Waals surface area contributed by atoms with Crippen molar-refractivity contribution >= 4 is 40.4 Å². The average Bonchev–Trinajstić information content (AvgIpc) is 3.05. The van der Waals surface area contributed by atoms with E-state index in [1.165, 1.54) is 24.3 Å². The molecular weight excluding hydrogens is 430 g/mol. The lowest BCUT2D eigenvalue weighted by Crippen LogP contribution is -2.33. The highest BCUT2D eigenvalue weighted by Crippen LogP contribution is 2.35. The number of hydrogen-bond donors (Lipinski definition) is 0. The van der Waals surface area contributed by atoms with Crippen molar-refractivity contribution in [2.24, 2.45) is 0 Å². The van der Waals surface area contributed by atoms with Crippen LogP contribution in [0, 0.1) is 10.1 Å². The van der Waals surface area contributed by atoms with E-state index in [0.29, 0.717) is 16.1 Å². The standard InChI is InChI=1S/C24H18ClN3O4/c1-26(18-8-3-2-4-9-18)22-21(16-11-13-19(14-12-16)28(31)32)23(29)27(24(22)30)15-17-7-5-6-10-20(17)25/h2-14H,15H2,1H3. The smallest absolute Gasteiger partial charge is 0.278 e. The SMILES string of the molecule is CN(C1=C(c2ccc([N+](=O)[O-])cc2)C(=O)N(Cc2ccccc2Cl)C1=O)c1ccccc1. The van der Waals surface area contributed by atoms with Gasteiger partial charge in [0.1, 0.15) is 5.70 Å². The van der Waals surface area contributed by atoms with Gasteiger partial charge < -0.3 is 4.90 Å². The topological polar surface area (TPSA) is 83.8 Å². The molecule has 3 aromatic carbocycles. The number of nitrogens with zero attached hydrogens (tertiary/aromatic N) is 3. The van der Waals surface area contributed by atoms with Gasteiger partial charge in [-0.3, -0.25) is 24.6 Å². The van der Waals surface area contributed by atoms with Crippen LogP contribution in [0.4, 0.5) is 11.4 Å². The van der Waals surface area contributed by atoms with Gasteiger partial charge in [-0.1, -0.05) is 48.0 Å². The molecule has 0 aromatic heterocycles. The van der Waals surface area contributed by atoms with Gasteiger partial charge in [-0.2, -0.15) is 0 Å². The van der Waals surface area contributed by atoms with Crippen LogP contribution in [-0.2, 0) is 16.1 Å². The molecule has 1 aliphatic heterocycles. The van der Waals surface area contributed by atoms with Crippen molar-refractivity contribution in [2.45, 2.75) is 6.54 Å². The van der Waals surface area contributed by atoms with Crippen molar-refractivity contribution < 1.29 is 14.5 Å². The van der Waals surface area contributed by atoms with Crippen LogP contribution in [0.15, 0.2) is 84.6 Å². The monoisotopic (exact) mass is 447 g/mol. The molecule has 2 amide bonds. The molecule has 0 unspecified atom stereocenters. The summed E-state index contributed by atoms with van der Waals surface area (Å²) in [5.74, 6) is -0.948. The number of anilines is 1. The Morgan fingerprint density at radius 1 is 0.906 bits per heavy atom. The molecule has 1 heterocycles. The second kappa shape index (κ2) is 8.64. The number of imide groups is 1. The van der Waals surface area contributed by atoms with E-state index in [1.54, 1.807) is 36.2 Å². The molecule has 0 bridgehead atoms. The third kappa shape index (κ3) is 3.86. The second-order valence-electron chi connectivity index (χ2n) is 7.21. The summed E-state index contributed by atoms with van der Waals surface area (Å²) >= 11 is 6.26. The van der Waals surface area contributed by atoms with Crippen LogP contribution < -0.4 is 4.90 Å². The molecule has 0 aliphatic carbocycles. The number of rotatable bonds is 6. The first-order chi connectivity index (χ1) is 15.4. The summed E-state index contributed by atoms with van der Waals surface area (Å²) in [5.41, 5.74) is 2.07. The lowest BCUT2D eigenvalue weighted by molar-refractivity contribution is -0.384. The van der Waals surface area contributed by atoms with E-state index in [1.807, 2.05) is 30.3 Å². The molecule has 1 aliphatic rings. The summed E-state index contributed by atoms with van der Waals surface area (Å²) in [5, 5.41) is 11.5. The number of carbonyl (C=O) groups excluding carboxylic acids is 2. The number of likely N-dealkylation sites (N-methyl/N-ethyl adjacent to an activating group) is 1. The zero-order chi connectivity index (χ0) is 22.8. The summed E-state index contributed by atoms with van der Waals surface area (Å²) in [6.07, 6.45) is 0. The van der Waals surface area contributed by atoms with Gasteiger partial charge in [0.25, 0.3) is 17.5 Å². The Balaban J connectivity index is 1.80. The van der Waals surface area contributed by atoms with Gasteiger partial charge in [0.05, 0.1) is 17.0 Å². The van der Waals surface area contributed by atoms with Gasteiger partial charge in [-0.25, -0.2) is 0 Å². The molecular formula is C24H18ClN3O4. The van der Waals surface area contributed by atoms with Crippen LogP contribution in [-0.4, -0.2) is 28.7 Å². The van der Waals surface area contributed by atoms with Crippen LogP contribution in [0.1, 0.15) is 11.1 Å². The Bertz CT molecular complexity index is 1240. The minimum atomic E-state index is -0.513. The lowest BCUT2D eigenvalue weighted by Gasteiger charge is -2.21. The average molecular weight is 448 g/mol. The quantitative estimate of drug-likeness (QED) is 0.311. The maximum absolute atomic E-state index is 13.5. The molecule has 32 heavy (non-hydrogen) atoms. The van der Waals surface area contributed by atoms with Crippen molar-refractivity contribution in [3.8, 4) is 0 Å². The fourth-order valence-corrected chi connectivity index (χ4v) is 3.80. The minimum Gasteiger partial charge on any atom is -0.339 e. The highest BCUT2D eigenvalue weighted by molar-refractivity contribution is 6.37. The Morgan fingerprint density at radius 3 is 2.16 bits per heavy atom. The number of benzene rings is 3. The molecule has 160 valence electrons. The largest absolute Gasteiger partial charge is 0.339 e. The number of amides is 2. The Labute approximate surface area is 189 Å². The molecule has 0 radical (unpaired) electrons. The van der Waals surface area contributed by atoms with Crippen molar-refractivity contribution in [3.05, 3.63) is 111 Å². The molecule has 4 rings (SSSR count). The first kappa shape index (κ1) is 21.3. The summed E-state index contributed by atoms with van der Waals surface area (Å²) < 4.78 is 0. The summed E-state index contributed by atoms with van der Waals surface area (Å²) in [6, 6.07) is 21.8. The second-order valence-corrected chi connectivity index (χ2v) is 7.62. The van der Waals surface area contributed by atoms with Gasteiger partial charge in [0, 0.05) is 29.9 Å². The van der Waals surface area contributed by atoms with E-state index in [2.05, 4.69) is 0 Å². The number of nitro benzene ring substituents is 1. The lowest BCUT2D eigenvalue weighted by atomic mass is 10.0. The van der Waals surface area contributed by atoms with E-state index < -0.39 is 16.7 Å². The Morgan fingerprint density at radius 2 is 1.53 bits per heavy atom. The third-order valence-electron chi connectivity index (χ3n) is 5.28. The predicted octanol–water partition coefficient (Wildman–Crippen LogP) is 4.66. The number of carbonyl (C=O) groups is 2. The first-order valence-corrected chi connectivity index (χ1v) is 10.1. The number of para-hydroxylation sites is 1. The first-order valence-electron chi connectivity index (χ1n) is 9.76. The normalized spacial score (nSPS) is 13.6. The molecule has 0 fully saturated rings. The van der Waals surface area contributed by atoms with Crippen molar-refractivity contribution in [3.63, 3.8) is 0 Å². The van der Waals surface area contributed by atoms with Crippen molar-refractivity contribution in [1.82, 2.24) is 4.90 Å². The number of hydrogen-bond acceptors (Lipinski definition) is 5. The van der Waals surface area contributed by atoms with Gasteiger partial charge in [-0.15, -0.1) is 0 Å². The zero-order valence-electron chi connectivity index (χ0n) is 17.1. The number of nitro groups is 1. The Hall–Kier alpha value is -3.97. The van der Waals surface area contributed by atoms with E-state index in [4.69, 9.17) is 11.6 Å². The maximum Gasteiger partial charge on any atom is 0.278 e. The number of non-ortho nitro benzene ring substituents is 1. The minimum absolute atomic E-state index is 0.0138. The molecule has 0 saturated heterocycles. The van der Waals surface area contributed by atoms with Crippen LogP contribution >= 0.6 is 11.6 Å². The van der Waals surface area contributed by atoms with Crippen LogP contribution in [0.2, 0.25) is 5.02 Å². The fourth-order valence-electron chi connectivity index (χ4n) is 3.61. The molecule has 0 saturated carbocycles. The van der Waals surface area contributed by atoms with Crippen molar-refractivity contribution in [2.75, 3.05) is 11.9 Å². The van der Waals surface area contributed by atoms with E-state index in [-0.39, 0.29) is 23.5 Å². The summed E-state index contributed by atoms with van der Waals surface area (Å²) in [6.45, 7) is 0.0138. The molecule has 8 heteroatoms. The maximum atomic E-state index is 13.5. The van der Waals surface area contributed by atoms with Gasteiger partial charge in [0.15, 0.2) is 0 Å². The summed E-state index contributed by atoms with van der Waals surface area (Å²) in [7, 11) is 1.71. The van der Waals surface area contributed by atoms with Gasteiger partial charge in [-0.05, 0) is 41.5 Å². The number of halogens is 1. The molecule has 0 spiro atoms. The molecule has 0 atom stereocenters. The third-order valence-corrected chi connectivity index (χ3v) is 5.64. The molecule has 7 nitrogen and oxygen atoms in total.